The normalized spacial score (nSPS) is 28.6. The van der Waals surface area contributed by atoms with Crippen molar-refractivity contribution >= 4 is 11.8 Å². The molecule has 0 aromatic rings. The standard InChI is InChI=1S/C15H22O3/c1-3-14(15(17)18-4-2)12-6-10-5-11(7-12)9-13(16)8-10/h6,10-11,14H,3-5,7-9H2,1-2H3. The molecule has 2 aliphatic rings. The summed E-state index contributed by atoms with van der Waals surface area (Å²) in [5, 5.41) is 0. The van der Waals surface area contributed by atoms with Crippen LogP contribution in [0.15, 0.2) is 11.6 Å². The summed E-state index contributed by atoms with van der Waals surface area (Å²) in [5.74, 6) is 1.01. The number of ketones is 1. The lowest BCUT2D eigenvalue weighted by atomic mass is 9.70. The largest absolute Gasteiger partial charge is 0.466 e. The molecule has 3 nitrogen and oxygen atoms in total. The van der Waals surface area contributed by atoms with Gasteiger partial charge in [-0.3, -0.25) is 9.59 Å². The summed E-state index contributed by atoms with van der Waals surface area (Å²) in [6.07, 6.45) is 6.36. The second kappa shape index (κ2) is 5.68. The van der Waals surface area contributed by atoms with Crippen LogP contribution in [-0.4, -0.2) is 18.4 Å². The van der Waals surface area contributed by atoms with E-state index in [-0.39, 0.29) is 11.9 Å². The average Bonchev–Trinajstić information content (AvgIpc) is 2.28. The van der Waals surface area contributed by atoms with Crippen LogP contribution in [-0.2, 0) is 14.3 Å². The number of ether oxygens (including phenoxy) is 1. The highest BCUT2D eigenvalue weighted by Gasteiger charge is 2.34. The van der Waals surface area contributed by atoms with Gasteiger partial charge < -0.3 is 4.74 Å². The lowest BCUT2D eigenvalue weighted by Crippen LogP contribution is -2.30. The molecule has 1 fully saturated rings. The van der Waals surface area contributed by atoms with Crippen LogP contribution >= 0.6 is 0 Å². The topological polar surface area (TPSA) is 43.4 Å². The molecule has 2 rings (SSSR count). The minimum atomic E-state index is -0.0995. The van der Waals surface area contributed by atoms with Crippen molar-refractivity contribution in [2.24, 2.45) is 17.8 Å². The molecule has 3 heteroatoms. The maximum atomic E-state index is 11.9. The molecule has 100 valence electrons. The van der Waals surface area contributed by atoms with Gasteiger partial charge >= 0.3 is 5.97 Å². The van der Waals surface area contributed by atoms with Gasteiger partial charge in [0.2, 0.25) is 0 Å². The van der Waals surface area contributed by atoms with Crippen LogP contribution < -0.4 is 0 Å². The van der Waals surface area contributed by atoms with E-state index in [4.69, 9.17) is 4.74 Å². The smallest absolute Gasteiger partial charge is 0.313 e. The van der Waals surface area contributed by atoms with E-state index in [1.165, 1.54) is 5.57 Å². The Morgan fingerprint density at radius 3 is 2.78 bits per heavy atom. The lowest BCUT2D eigenvalue weighted by Gasteiger charge is -2.34. The molecular formula is C15H22O3. The molecule has 0 saturated heterocycles. The van der Waals surface area contributed by atoms with Crippen molar-refractivity contribution in [3.05, 3.63) is 11.6 Å². The van der Waals surface area contributed by atoms with Crippen molar-refractivity contribution < 1.29 is 14.3 Å². The minimum absolute atomic E-state index is 0.0940. The van der Waals surface area contributed by atoms with Crippen molar-refractivity contribution in [3.63, 3.8) is 0 Å². The van der Waals surface area contributed by atoms with Crippen LogP contribution in [0.2, 0.25) is 0 Å². The number of carbonyl (C=O) groups is 2. The summed E-state index contributed by atoms with van der Waals surface area (Å²) in [6, 6.07) is 0. The highest BCUT2D eigenvalue weighted by Crippen LogP contribution is 2.40. The van der Waals surface area contributed by atoms with Crippen molar-refractivity contribution in [1.82, 2.24) is 0 Å². The Bertz CT molecular complexity index is 370. The second-order valence-corrected chi connectivity index (χ2v) is 5.47. The van der Waals surface area contributed by atoms with Gasteiger partial charge in [0, 0.05) is 12.8 Å². The van der Waals surface area contributed by atoms with Crippen molar-refractivity contribution in [2.45, 2.75) is 46.0 Å². The average molecular weight is 250 g/mol. The number of fused-ring (bicyclic) bond motifs is 2. The molecule has 0 radical (unpaired) electrons. The molecule has 0 aromatic carbocycles. The van der Waals surface area contributed by atoms with Crippen LogP contribution in [0.5, 0.6) is 0 Å². The Hall–Kier alpha value is -1.12. The van der Waals surface area contributed by atoms with E-state index in [0.29, 0.717) is 37.1 Å². The van der Waals surface area contributed by atoms with Crippen LogP contribution in [0.1, 0.15) is 46.0 Å². The predicted octanol–water partition coefficient (Wildman–Crippen LogP) is 2.89. The highest BCUT2D eigenvalue weighted by atomic mass is 16.5. The first-order valence-electron chi connectivity index (χ1n) is 7.02. The number of carbonyl (C=O) groups excluding carboxylic acids is 2. The van der Waals surface area contributed by atoms with E-state index in [1.54, 1.807) is 0 Å². The first-order valence-corrected chi connectivity index (χ1v) is 7.02. The molecule has 3 atom stereocenters. The second-order valence-electron chi connectivity index (χ2n) is 5.47. The van der Waals surface area contributed by atoms with Gasteiger partial charge in [-0.2, -0.15) is 0 Å². The van der Waals surface area contributed by atoms with Gasteiger partial charge in [-0.15, -0.1) is 0 Å². The van der Waals surface area contributed by atoms with Crippen LogP contribution in [0.25, 0.3) is 0 Å². The number of Topliss-reactive ketones (excluding diaryl/α,β-unsaturated/α-hetero) is 1. The molecule has 0 aromatic heterocycles. The van der Waals surface area contributed by atoms with E-state index in [9.17, 15) is 9.59 Å². The molecular weight excluding hydrogens is 228 g/mol. The monoisotopic (exact) mass is 250 g/mol. The van der Waals surface area contributed by atoms with Gasteiger partial charge in [0.05, 0.1) is 12.5 Å². The summed E-state index contributed by atoms with van der Waals surface area (Å²) < 4.78 is 5.14. The molecule has 18 heavy (non-hydrogen) atoms. The summed E-state index contributed by atoms with van der Waals surface area (Å²) in [7, 11) is 0. The maximum absolute atomic E-state index is 11.9. The molecule has 2 bridgehead atoms. The van der Waals surface area contributed by atoms with E-state index < -0.39 is 0 Å². The maximum Gasteiger partial charge on any atom is 0.313 e. The molecule has 0 heterocycles. The highest BCUT2D eigenvalue weighted by molar-refractivity contribution is 5.81. The Balaban J connectivity index is 2.12. The quantitative estimate of drug-likeness (QED) is 0.569. The summed E-state index contributed by atoms with van der Waals surface area (Å²) in [4.78, 5) is 23.5. The minimum Gasteiger partial charge on any atom is -0.466 e. The zero-order valence-corrected chi connectivity index (χ0v) is 11.3. The summed E-state index contributed by atoms with van der Waals surface area (Å²) in [5.41, 5.74) is 1.21. The lowest BCUT2D eigenvalue weighted by molar-refractivity contribution is -0.146. The Labute approximate surface area is 109 Å². The molecule has 0 N–H and O–H groups in total. The fraction of sp³-hybridized carbons (Fsp3) is 0.733. The van der Waals surface area contributed by atoms with E-state index >= 15 is 0 Å². The number of hydrogen-bond acceptors (Lipinski definition) is 3. The van der Waals surface area contributed by atoms with Gasteiger partial charge in [-0.05, 0) is 38.0 Å². The van der Waals surface area contributed by atoms with Gasteiger partial charge in [0.25, 0.3) is 0 Å². The molecule has 0 aliphatic heterocycles. The van der Waals surface area contributed by atoms with Crippen molar-refractivity contribution in [1.29, 1.82) is 0 Å². The summed E-state index contributed by atoms with van der Waals surface area (Å²) >= 11 is 0. The third-order valence-electron chi connectivity index (χ3n) is 4.04. The number of esters is 1. The Kier molecular flexibility index (Phi) is 4.20. The SMILES string of the molecule is CCOC(=O)C(CC)C1=CC2CC(=O)CC(C1)C2. The van der Waals surface area contributed by atoms with Gasteiger partial charge in [0.1, 0.15) is 5.78 Å². The third-order valence-corrected chi connectivity index (χ3v) is 4.04. The Morgan fingerprint density at radius 2 is 2.17 bits per heavy atom. The van der Waals surface area contributed by atoms with Crippen LogP contribution in [0.4, 0.5) is 0 Å². The van der Waals surface area contributed by atoms with Gasteiger partial charge in [-0.25, -0.2) is 0 Å². The first kappa shape index (κ1) is 13.3. The van der Waals surface area contributed by atoms with Crippen molar-refractivity contribution in [2.75, 3.05) is 6.61 Å². The van der Waals surface area contributed by atoms with E-state index in [2.05, 4.69) is 6.08 Å². The molecule has 2 aliphatic carbocycles. The zero-order valence-electron chi connectivity index (χ0n) is 11.3. The third kappa shape index (κ3) is 2.82. The fourth-order valence-electron chi connectivity index (χ4n) is 3.36. The number of allylic oxidation sites excluding steroid dienone is 1. The van der Waals surface area contributed by atoms with Crippen molar-refractivity contribution in [3.8, 4) is 0 Å². The van der Waals surface area contributed by atoms with E-state index in [1.807, 2.05) is 13.8 Å². The number of hydrogen-bond donors (Lipinski definition) is 0. The van der Waals surface area contributed by atoms with Crippen LogP contribution in [0.3, 0.4) is 0 Å². The molecule has 1 saturated carbocycles. The van der Waals surface area contributed by atoms with Gasteiger partial charge in [0.15, 0.2) is 0 Å². The van der Waals surface area contributed by atoms with E-state index in [0.717, 1.165) is 19.3 Å². The molecule has 0 amide bonds. The molecule has 0 spiro atoms. The van der Waals surface area contributed by atoms with Crippen LogP contribution in [0, 0.1) is 17.8 Å². The zero-order chi connectivity index (χ0) is 13.1. The fourth-order valence-corrected chi connectivity index (χ4v) is 3.36. The van der Waals surface area contributed by atoms with Gasteiger partial charge in [-0.1, -0.05) is 18.6 Å². The Morgan fingerprint density at radius 1 is 1.39 bits per heavy atom. The summed E-state index contributed by atoms with van der Waals surface area (Å²) in [6.45, 7) is 4.30. The number of rotatable bonds is 4. The first-order chi connectivity index (χ1) is 8.63. The predicted molar refractivity (Wildman–Crippen MR) is 69.0 cm³/mol. The molecule has 3 unspecified atom stereocenters.